The zero-order valence-corrected chi connectivity index (χ0v) is 8.73. The summed E-state index contributed by atoms with van der Waals surface area (Å²) in [6.07, 6.45) is 6.67. The van der Waals surface area contributed by atoms with E-state index in [4.69, 9.17) is 4.74 Å². The SMILES string of the molecule is CC.C[C@@H]1CC[C@@]2(CCCO2)C1. The normalized spacial score (nSPS) is 39.8. The van der Waals surface area contributed by atoms with Crippen LogP contribution in [-0.4, -0.2) is 12.2 Å². The summed E-state index contributed by atoms with van der Waals surface area (Å²) in [5, 5.41) is 0. The highest BCUT2D eigenvalue weighted by Crippen LogP contribution is 2.43. The van der Waals surface area contributed by atoms with E-state index in [0.29, 0.717) is 5.60 Å². The Morgan fingerprint density at radius 1 is 1.25 bits per heavy atom. The summed E-state index contributed by atoms with van der Waals surface area (Å²) in [7, 11) is 0. The molecule has 2 atom stereocenters. The molecule has 0 radical (unpaired) electrons. The Morgan fingerprint density at radius 3 is 2.42 bits per heavy atom. The standard InChI is InChI=1S/C9H16O.C2H6/c1-8-3-5-9(7-8)4-2-6-10-9;1-2/h8H,2-7H2,1H3;1-2H3/t8-,9+;/m1./s1. The van der Waals surface area contributed by atoms with Gasteiger partial charge in [-0.15, -0.1) is 0 Å². The molecule has 1 spiro atoms. The molecule has 0 N–H and O–H groups in total. The van der Waals surface area contributed by atoms with Gasteiger partial charge in [-0.2, -0.15) is 0 Å². The fourth-order valence-electron chi connectivity index (χ4n) is 2.46. The summed E-state index contributed by atoms with van der Waals surface area (Å²) in [5.41, 5.74) is 0.361. The van der Waals surface area contributed by atoms with Crippen molar-refractivity contribution in [1.82, 2.24) is 0 Å². The van der Waals surface area contributed by atoms with Gasteiger partial charge in [0.05, 0.1) is 5.60 Å². The van der Waals surface area contributed by atoms with Crippen molar-refractivity contribution in [3.05, 3.63) is 0 Å². The van der Waals surface area contributed by atoms with Crippen LogP contribution < -0.4 is 0 Å². The van der Waals surface area contributed by atoms with Crippen LogP contribution >= 0.6 is 0 Å². The van der Waals surface area contributed by atoms with Crippen molar-refractivity contribution in [2.45, 2.75) is 58.5 Å². The van der Waals surface area contributed by atoms with Gasteiger partial charge in [0, 0.05) is 6.61 Å². The zero-order chi connectivity index (χ0) is 9.03. The second-order valence-corrected chi connectivity index (χ2v) is 3.98. The fourth-order valence-corrected chi connectivity index (χ4v) is 2.46. The van der Waals surface area contributed by atoms with Gasteiger partial charge in [-0.1, -0.05) is 20.8 Å². The molecule has 0 unspecified atom stereocenters. The van der Waals surface area contributed by atoms with E-state index < -0.39 is 0 Å². The molecule has 1 heteroatoms. The minimum Gasteiger partial charge on any atom is -0.375 e. The summed E-state index contributed by atoms with van der Waals surface area (Å²) in [6.45, 7) is 7.36. The van der Waals surface area contributed by atoms with Gasteiger partial charge in [0.15, 0.2) is 0 Å². The van der Waals surface area contributed by atoms with E-state index in [1.54, 1.807) is 0 Å². The third-order valence-electron chi connectivity index (χ3n) is 3.00. The average Bonchev–Trinajstić information content (AvgIpc) is 2.68. The first-order chi connectivity index (χ1) is 5.81. The molecule has 1 aliphatic carbocycles. The van der Waals surface area contributed by atoms with Crippen LogP contribution in [0.4, 0.5) is 0 Å². The largest absolute Gasteiger partial charge is 0.375 e. The summed E-state index contributed by atoms with van der Waals surface area (Å²) >= 11 is 0. The molecule has 2 fully saturated rings. The van der Waals surface area contributed by atoms with Crippen molar-refractivity contribution in [1.29, 1.82) is 0 Å². The first-order valence-electron chi connectivity index (χ1n) is 5.45. The molecule has 1 aliphatic heterocycles. The second-order valence-electron chi connectivity index (χ2n) is 3.98. The van der Waals surface area contributed by atoms with Gasteiger partial charge < -0.3 is 4.74 Å². The quantitative estimate of drug-likeness (QED) is 0.541. The Labute approximate surface area is 76.5 Å². The van der Waals surface area contributed by atoms with E-state index in [9.17, 15) is 0 Å². The molecular weight excluding hydrogens is 148 g/mol. The predicted molar refractivity (Wildman–Crippen MR) is 52.3 cm³/mol. The van der Waals surface area contributed by atoms with Crippen molar-refractivity contribution < 1.29 is 4.74 Å². The molecule has 0 aromatic rings. The van der Waals surface area contributed by atoms with E-state index in [2.05, 4.69) is 6.92 Å². The Morgan fingerprint density at radius 2 is 2.00 bits per heavy atom. The smallest absolute Gasteiger partial charge is 0.0686 e. The highest BCUT2D eigenvalue weighted by Gasteiger charge is 2.40. The Bertz CT molecular complexity index is 125. The van der Waals surface area contributed by atoms with E-state index >= 15 is 0 Å². The van der Waals surface area contributed by atoms with Crippen molar-refractivity contribution >= 4 is 0 Å². The van der Waals surface area contributed by atoms with Crippen LogP contribution in [0.2, 0.25) is 0 Å². The topological polar surface area (TPSA) is 9.23 Å². The number of hydrogen-bond acceptors (Lipinski definition) is 1. The summed E-state index contributed by atoms with van der Waals surface area (Å²) in [6, 6.07) is 0. The predicted octanol–water partition coefficient (Wildman–Crippen LogP) is 3.38. The summed E-state index contributed by atoms with van der Waals surface area (Å²) < 4.78 is 5.77. The number of rotatable bonds is 0. The lowest BCUT2D eigenvalue weighted by Crippen LogP contribution is -2.22. The maximum Gasteiger partial charge on any atom is 0.0686 e. The van der Waals surface area contributed by atoms with Crippen LogP contribution in [0.15, 0.2) is 0 Å². The van der Waals surface area contributed by atoms with Gasteiger partial charge in [0.1, 0.15) is 0 Å². The van der Waals surface area contributed by atoms with Crippen LogP contribution in [0, 0.1) is 5.92 Å². The first kappa shape index (κ1) is 10.0. The Kier molecular flexibility index (Phi) is 3.57. The minimum absolute atomic E-state index is 0.361. The molecular formula is C11H22O. The second kappa shape index (κ2) is 4.27. The molecule has 2 rings (SSSR count). The van der Waals surface area contributed by atoms with Crippen molar-refractivity contribution in [3.63, 3.8) is 0 Å². The highest BCUT2D eigenvalue weighted by molar-refractivity contribution is 4.92. The van der Waals surface area contributed by atoms with Gasteiger partial charge in [0.2, 0.25) is 0 Å². The summed E-state index contributed by atoms with van der Waals surface area (Å²) in [4.78, 5) is 0. The molecule has 1 nitrogen and oxygen atoms in total. The fraction of sp³-hybridized carbons (Fsp3) is 1.00. The van der Waals surface area contributed by atoms with Gasteiger partial charge in [0.25, 0.3) is 0 Å². The van der Waals surface area contributed by atoms with Crippen molar-refractivity contribution in [3.8, 4) is 0 Å². The molecule has 0 aromatic heterocycles. The van der Waals surface area contributed by atoms with E-state index in [-0.39, 0.29) is 0 Å². The molecule has 0 bridgehead atoms. The third-order valence-corrected chi connectivity index (χ3v) is 3.00. The molecule has 12 heavy (non-hydrogen) atoms. The van der Waals surface area contributed by atoms with Crippen molar-refractivity contribution in [2.24, 2.45) is 5.92 Å². The average molecular weight is 170 g/mol. The molecule has 1 saturated heterocycles. The molecule has 0 aromatic carbocycles. The Balaban J connectivity index is 0.000000336. The maximum atomic E-state index is 5.77. The van der Waals surface area contributed by atoms with E-state index in [1.165, 1.54) is 32.1 Å². The van der Waals surface area contributed by atoms with Crippen molar-refractivity contribution in [2.75, 3.05) is 6.61 Å². The molecule has 1 heterocycles. The lowest BCUT2D eigenvalue weighted by molar-refractivity contribution is 0.00775. The highest BCUT2D eigenvalue weighted by atomic mass is 16.5. The van der Waals surface area contributed by atoms with Crippen LogP contribution in [-0.2, 0) is 4.74 Å². The van der Waals surface area contributed by atoms with Gasteiger partial charge in [-0.05, 0) is 38.0 Å². The van der Waals surface area contributed by atoms with E-state index in [0.717, 1.165) is 12.5 Å². The lowest BCUT2D eigenvalue weighted by atomic mass is 9.97. The number of ether oxygens (including phenoxy) is 1. The van der Waals surface area contributed by atoms with E-state index in [1.807, 2.05) is 13.8 Å². The molecule has 0 amide bonds. The van der Waals surface area contributed by atoms with Crippen LogP contribution in [0.1, 0.15) is 52.9 Å². The number of hydrogen-bond donors (Lipinski definition) is 0. The third kappa shape index (κ3) is 2.01. The minimum atomic E-state index is 0.361. The van der Waals surface area contributed by atoms with Crippen LogP contribution in [0.25, 0.3) is 0 Å². The van der Waals surface area contributed by atoms with Crippen LogP contribution in [0.3, 0.4) is 0 Å². The monoisotopic (exact) mass is 170 g/mol. The molecule has 2 aliphatic rings. The molecule has 72 valence electrons. The zero-order valence-electron chi connectivity index (χ0n) is 8.73. The van der Waals surface area contributed by atoms with Gasteiger partial charge >= 0.3 is 0 Å². The maximum absolute atomic E-state index is 5.77. The Hall–Kier alpha value is -0.0400. The van der Waals surface area contributed by atoms with Gasteiger partial charge in [-0.3, -0.25) is 0 Å². The lowest BCUT2D eigenvalue weighted by Gasteiger charge is -2.21. The molecule has 1 saturated carbocycles. The first-order valence-corrected chi connectivity index (χ1v) is 5.45. The van der Waals surface area contributed by atoms with Crippen LogP contribution in [0.5, 0.6) is 0 Å². The van der Waals surface area contributed by atoms with Gasteiger partial charge in [-0.25, -0.2) is 0 Å². The summed E-state index contributed by atoms with van der Waals surface area (Å²) in [5.74, 6) is 0.915.